The van der Waals surface area contributed by atoms with Crippen molar-refractivity contribution < 1.29 is 24.2 Å². The van der Waals surface area contributed by atoms with Crippen molar-refractivity contribution in [3.63, 3.8) is 0 Å². The number of carbonyl (C=O) groups excluding carboxylic acids is 2. The molecule has 0 fully saturated rings. The topological polar surface area (TPSA) is 72.8 Å². The molecule has 0 aliphatic heterocycles. The second-order valence-corrected chi connectivity index (χ2v) is 9.71. The van der Waals surface area contributed by atoms with E-state index in [1.165, 1.54) is 89.2 Å². The van der Waals surface area contributed by atoms with Crippen LogP contribution in [0.15, 0.2) is 18.2 Å². The van der Waals surface area contributed by atoms with Crippen LogP contribution in [0.4, 0.5) is 0 Å². The van der Waals surface area contributed by atoms with E-state index in [0.29, 0.717) is 12.8 Å². The molecular formula is C30H50O5. The number of phenolic OH excluding ortho intramolecular Hbond substituents is 1. The number of benzene rings is 1. The van der Waals surface area contributed by atoms with Crippen LogP contribution in [-0.4, -0.2) is 17.0 Å². The van der Waals surface area contributed by atoms with E-state index in [-0.39, 0.29) is 29.2 Å². The van der Waals surface area contributed by atoms with Gasteiger partial charge in [0, 0.05) is 12.8 Å². The molecule has 0 unspecified atom stereocenters. The summed E-state index contributed by atoms with van der Waals surface area (Å²) >= 11 is 0. The smallest absolute Gasteiger partial charge is 0.311 e. The van der Waals surface area contributed by atoms with Crippen LogP contribution in [-0.2, 0) is 9.59 Å². The first kappa shape index (κ1) is 31.0. The molecule has 0 saturated carbocycles. The molecule has 0 radical (unpaired) electrons. The highest BCUT2D eigenvalue weighted by Crippen LogP contribution is 2.36. The van der Waals surface area contributed by atoms with E-state index in [4.69, 9.17) is 9.47 Å². The van der Waals surface area contributed by atoms with E-state index in [1.807, 2.05) is 0 Å². The molecule has 0 heterocycles. The molecular weight excluding hydrogens is 440 g/mol. The third kappa shape index (κ3) is 16.3. The first-order valence-corrected chi connectivity index (χ1v) is 14.3. The van der Waals surface area contributed by atoms with Crippen molar-refractivity contribution in [3.05, 3.63) is 18.2 Å². The van der Waals surface area contributed by atoms with E-state index < -0.39 is 0 Å². The van der Waals surface area contributed by atoms with E-state index >= 15 is 0 Å². The molecule has 1 N–H and O–H groups in total. The third-order valence-corrected chi connectivity index (χ3v) is 6.38. The third-order valence-electron chi connectivity index (χ3n) is 6.38. The van der Waals surface area contributed by atoms with Crippen LogP contribution in [0.3, 0.4) is 0 Å². The number of ether oxygens (including phenoxy) is 2. The SMILES string of the molecule is CCCCCCCCCCCC(=O)Oc1cccc(OC(=O)CCCCCCCCCCC)c1O. The van der Waals surface area contributed by atoms with E-state index in [1.54, 1.807) is 6.07 Å². The summed E-state index contributed by atoms with van der Waals surface area (Å²) < 4.78 is 10.6. The van der Waals surface area contributed by atoms with Crippen LogP contribution in [0.1, 0.15) is 142 Å². The monoisotopic (exact) mass is 490 g/mol. The Hall–Kier alpha value is -2.04. The fourth-order valence-electron chi connectivity index (χ4n) is 4.17. The Kier molecular flexibility index (Phi) is 18.8. The Labute approximate surface area is 214 Å². The molecule has 0 saturated heterocycles. The van der Waals surface area contributed by atoms with E-state index in [2.05, 4.69) is 13.8 Å². The van der Waals surface area contributed by atoms with E-state index in [9.17, 15) is 14.7 Å². The molecule has 0 aliphatic rings. The molecule has 1 aromatic carbocycles. The standard InChI is InChI=1S/C30H50O5/c1-3-5-7-9-11-13-15-17-19-24-28(31)34-26-22-21-23-27(30(26)33)35-29(32)25-20-18-16-14-12-10-8-6-4-2/h21-23,33H,3-20,24-25H2,1-2H3. The summed E-state index contributed by atoms with van der Waals surface area (Å²) in [6, 6.07) is 4.64. The largest absolute Gasteiger partial charge is 0.502 e. The predicted octanol–water partition coefficient (Wildman–Crippen LogP) is 9.04. The Bertz CT molecular complexity index is 631. The lowest BCUT2D eigenvalue weighted by Gasteiger charge is -2.10. The lowest BCUT2D eigenvalue weighted by Crippen LogP contribution is -2.10. The first-order chi connectivity index (χ1) is 17.1. The number of hydrogen-bond acceptors (Lipinski definition) is 5. The summed E-state index contributed by atoms with van der Waals surface area (Å²) in [4.78, 5) is 24.3. The van der Waals surface area contributed by atoms with Gasteiger partial charge in [-0.15, -0.1) is 0 Å². The van der Waals surface area contributed by atoms with Crippen molar-refractivity contribution in [2.24, 2.45) is 0 Å². The Morgan fingerprint density at radius 1 is 0.571 bits per heavy atom. The Balaban J connectivity index is 2.22. The van der Waals surface area contributed by atoms with Crippen LogP contribution >= 0.6 is 0 Å². The maximum absolute atomic E-state index is 12.2. The van der Waals surface area contributed by atoms with Gasteiger partial charge < -0.3 is 14.6 Å². The quantitative estimate of drug-likeness (QED) is 0.0997. The zero-order chi connectivity index (χ0) is 25.6. The maximum Gasteiger partial charge on any atom is 0.311 e. The van der Waals surface area contributed by atoms with Crippen molar-refractivity contribution in [2.75, 3.05) is 0 Å². The number of hydrogen-bond donors (Lipinski definition) is 1. The zero-order valence-electron chi connectivity index (χ0n) is 22.5. The molecule has 0 bridgehead atoms. The summed E-state index contributed by atoms with van der Waals surface area (Å²) in [5.74, 6) is -0.963. The minimum absolute atomic E-state index is 0.0410. The summed E-state index contributed by atoms with van der Waals surface area (Å²) in [5.41, 5.74) is 0. The Morgan fingerprint density at radius 3 is 1.23 bits per heavy atom. The lowest BCUT2D eigenvalue weighted by atomic mass is 10.1. The highest BCUT2D eigenvalue weighted by atomic mass is 16.6. The molecule has 200 valence electrons. The second-order valence-electron chi connectivity index (χ2n) is 9.71. The highest BCUT2D eigenvalue weighted by Gasteiger charge is 2.15. The van der Waals surface area contributed by atoms with E-state index in [0.717, 1.165) is 38.5 Å². The molecule has 0 amide bonds. The summed E-state index contributed by atoms with van der Waals surface area (Å²) in [7, 11) is 0. The number of unbranched alkanes of at least 4 members (excludes halogenated alkanes) is 16. The number of esters is 2. The van der Waals surface area contributed by atoms with Crippen molar-refractivity contribution in [1.82, 2.24) is 0 Å². The van der Waals surface area contributed by atoms with Crippen molar-refractivity contribution >= 4 is 11.9 Å². The summed E-state index contributed by atoms with van der Waals surface area (Å²) in [6.07, 6.45) is 21.8. The molecule has 1 aromatic rings. The molecule has 5 nitrogen and oxygen atoms in total. The summed E-state index contributed by atoms with van der Waals surface area (Å²) in [5, 5.41) is 10.4. The number of aromatic hydroxyl groups is 1. The highest BCUT2D eigenvalue weighted by molar-refractivity contribution is 5.76. The normalized spacial score (nSPS) is 10.9. The summed E-state index contributed by atoms with van der Waals surface area (Å²) in [6.45, 7) is 4.45. The fraction of sp³-hybridized carbons (Fsp3) is 0.733. The van der Waals surface area contributed by atoms with Gasteiger partial charge in [-0.2, -0.15) is 0 Å². The van der Waals surface area contributed by atoms with Crippen LogP contribution in [0.2, 0.25) is 0 Å². The van der Waals surface area contributed by atoms with Gasteiger partial charge in [0.15, 0.2) is 11.5 Å². The van der Waals surface area contributed by atoms with Crippen LogP contribution in [0.25, 0.3) is 0 Å². The van der Waals surface area contributed by atoms with Gasteiger partial charge in [-0.1, -0.05) is 123 Å². The molecule has 0 aromatic heterocycles. The minimum Gasteiger partial charge on any atom is -0.502 e. The number of para-hydroxylation sites is 1. The van der Waals surface area contributed by atoms with Gasteiger partial charge in [-0.05, 0) is 25.0 Å². The number of phenols is 1. The fourth-order valence-corrected chi connectivity index (χ4v) is 4.17. The van der Waals surface area contributed by atoms with Gasteiger partial charge in [0.1, 0.15) is 0 Å². The second kappa shape index (κ2) is 21.3. The predicted molar refractivity (Wildman–Crippen MR) is 143 cm³/mol. The van der Waals surface area contributed by atoms with Crippen molar-refractivity contribution in [2.45, 2.75) is 142 Å². The number of carbonyl (C=O) groups is 2. The van der Waals surface area contributed by atoms with Gasteiger partial charge in [0.2, 0.25) is 5.75 Å². The van der Waals surface area contributed by atoms with Crippen LogP contribution in [0, 0.1) is 0 Å². The zero-order valence-corrected chi connectivity index (χ0v) is 22.5. The van der Waals surface area contributed by atoms with Gasteiger partial charge in [0.25, 0.3) is 0 Å². The Morgan fingerprint density at radius 2 is 0.886 bits per heavy atom. The minimum atomic E-state index is -0.374. The van der Waals surface area contributed by atoms with Gasteiger partial charge >= 0.3 is 11.9 Å². The van der Waals surface area contributed by atoms with Crippen LogP contribution < -0.4 is 9.47 Å². The molecule has 5 heteroatoms. The van der Waals surface area contributed by atoms with Crippen LogP contribution in [0.5, 0.6) is 17.2 Å². The molecule has 0 aliphatic carbocycles. The van der Waals surface area contributed by atoms with Gasteiger partial charge in [-0.3, -0.25) is 9.59 Å². The molecule has 0 spiro atoms. The van der Waals surface area contributed by atoms with Crippen molar-refractivity contribution in [3.8, 4) is 17.2 Å². The average Bonchev–Trinajstić information content (AvgIpc) is 2.84. The molecule has 0 atom stereocenters. The molecule has 1 rings (SSSR count). The molecule has 35 heavy (non-hydrogen) atoms. The average molecular weight is 491 g/mol. The van der Waals surface area contributed by atoms with Gasteiger partial charge in [-0.25, -0.2) is 0 Å². The van der Waals surface area contributed by atoms with Crippen molar-refractivity contribution in [1.29, 1.82) is 0 Å². The number of rotatable bonds is 22. The first-order valence-electron chi connectivity index (χ1n) is 14.3. The van der Waals surface area contributed by atoms with Gasteiger partial charge in [0.05, 0.1) is 0 Å². The maximum atomic E-state index is 12.2. The lowest BCUT2D eigenvalue weighted by molar-refractivity contribution is -0.135.